The lowest BCUT2D eigenvalue weighted by molar-refractivity contribution is -0.384. The number of benzene rings is 2. The highest BCUT2D eigenvalue weighted by molar-refractivity contribution is 7.07. The second-order valence-electron chi connectivity index (χ2n) is 8.09. The van der Waals surface area contributed by atoms with Gasteiger partial charge in [0.25, 0.3) is 11.2 Å². The lowest BCUT2D eigenvalue weighted by Crippen LogP contribution is -2.40. The summed E-state index contributed by atoms with van der Waals surface area (Å²) in [6.45, 7) is 3.50. The Kier molecular flexibility index (Phi) is 7.62. The highest BCUT2D eigenvalue weighted by atomic mass is 32.1. The monoisotopic (exact) mass is 539 g/mol. The van der Waals surface area contributed by atoms with Crippen LogP contribution in [0.2, 0.25) is 0 Å². The Hall–Kier alpha value is -4.45. The van der Waals surface area contributed by atoms with Gasteiger partial charge in [-0.3, -0.25) is 19.5 Å². The Labute approximate surface area is 221 Å². The van der Waals surface area contributed by atoms with Crippen LogP contribution in [0.5, 0.6) is 17.2 Å². The van der Waals surface area contributed by atoms with E-state index in [4.69, 9.17) is 18.9 Å². The number of rotatable bonds is 8. The lowest BCUT2D eigenvalue weighted by Gasteiger charge is -2.26. The number of fused-ring (bicyclic) bond motifs is 1. The second-order valence-corrected chi connectivity index (χ2v) is 9.10. The van der Waals surface area contributed by atoms with E-state index in [9.17, 15) is 19.7 Å². The zero-order valence-electron chi connectivity index (χ0n) is 21.3. The van der Waals surface area contributed by atoms with Crippen LogP contribution in [0, 0.1) is 10.1 Å². The van der Waals surface area contributed by atoms with Gasteiger partial charge in [-0.25, -0.2) is 9.79 Å². The Morgan fingerprint density at radius 3 is 2.47 bits per heavy atom. The van der Waals surface area contributed by atoms with Gasteiger partial charge in [0, 0.05) is 23.3 Å². The van der Waals surface area contributed by atoms with Crippen molar-refractivity contribution in [3.8, 4) is 17.2 Å². The van der Waals surface area contributed by atoms with E-state index in [0.29, 0.717) is 38.9 Å². The molecule has 2 heterocycles. The number of allylic oxidation sites excluding steroid dienone is 1. The smallest absolute Gasteiger partial charge is 0.338 e. The van der Waals surface area contributed by atoms with Crippen LogP contribution in [0.3, 0.4) is 0 Å². The summed E-state index contributed by atoms with van der Waals surface area (Å²) in [5.74, 6) is 0.679. The molecule has 3 aromatic rings. The number of carbonyl (C=O) groups excluding carboxylic acids is 1. The first-order chi connectivity index (χ1) is 18.2. The van der Waals surface area contributed by atoms with Gasteiger partial charge in [0.15, 0.2) is 4.80 Å². The predicted octanol–water partition coefficient (Wildman–Crippen LogP) is 2.73. The average Bonchev–Trinajstić information content (AvgIpc) is 3.21. The fourth-order valence-electron chi connectivity index (χ4n) is 4.23. The fraction of sp³-hybridized carbons (Fsp3) is 0.269. The van der Waals surface area contributed by atoms with Gasteiger partial charge in [0.2, 0.25) is 0 Å². The summed E-state index contributed by atoms with van der Waals surface area (Å²) in [7, 11) is 4.44. The number of aromatic nitrogens is 1. The van der Waals surface area contributed by atoms with Crippen molar-refractivity contribution in [2.45, 2.75) is 19.9 Å². The van der Waals surface area contributed by atoms with Crippen molar-refractivity contribution in [3.05, 3.63) is 88.6 Å². The van der Waals surface area contributed by atoms with E-state index in [2.05, 4.69) is 4.99 Å². The van der Waals surface area contributed by atoms with E-state index >= 15 is 0 Å². The molecular formula is C26H25N3O8S. The molecule has 0 bridgehead atoms. The number of hydrogen-bond acceptors (Lipinski definition) is 10. The molecule has 4 rings (SSSR count). The highest BCUT2D eigenvalue weighted by Gasteiger charge is 2.35. The summed E-state index contributed by atoms with van der Waals surface area (Å²) in [4.78, 5) is 42.7. The molecule has 1 aromatic heterocycles. The molecule has 1 atom stereocenters. The molecule has 11 nitrogen and oxygen atoms in total. The molecule has 0 amide bonds. The van der Waals surface area contributed by atoms with E-state index < -0.39 is 22.5 Å². The third-order valence-corrected chi connectivity index (χ3v) is 6.94. The number of methoxy groups -OCH3 is 3. The molecule has 38 heavy (non-hydrogen) atoms. The third-order valence-electron chi connectivity index (χ3n) is 5.96. The maximum atomic E-state index is 13.9. The zero-order chi connectivity index (χ0) is 27.6. The molecule has 2 aromatic carbocycles. The van der Waals surface area contributed by atoms with Crippen molar-refractivity contribution in [1.29, 1.82) is 0 Å². The molecule has 1 unspecified atom stereocenters. The Bertz CT molecular complexity index is 1640. The Morgan fingerprint density at radius 2 is 1.84 bits per heavy atom. The number of carbonyl (C=O) groups is 1. The summed E-state index contributed by atoms with van der Waals surface area (Å²) in [6, 6.07) is 8.29. The molecular weight excluding hydrogens is 514 g/mol. The molecule has 0 fully saturated rings. The van der Waals surface area contributed by atoms with Gasteiger partial charge in [-0.2, -0.15) is 0 Å². The van der Waals surface area contributed by atoms with Crippen LogP contribution in [-0.4, -0.2) is 43.4 Å². The van der Waals surface area contributed by atoms with Crippen molar-refractivity contribution in [3.63, 3.8) is 0 Å². The van der Waals surface area contributed by atoms with Crippen LogP contribution in [0.25, 0.3) is 6.08 Å². The largest absolute Gasteiger partial charge is 0.497 e. The van der Waals surface area contributed by atoms with Crippen molar-refractivity contribution in [2.24, 2.45) is 4.99 Å². The maximum Gasteiger partial charge on any atom is 0.338 e. The van der Waals surface area contributed by atoms with Gasteiger partial charge >= 0.3 is 5.97 Å². The molecule has 0 saturated heterocycles. The van der Waals surface area contributed by atoms with Gasteiger partial charge in [0.1, 0.15) is 23.3 Å². The van der Waals surface area contributed by atoms with Gasteiger partial charge in [-0.05, 0) is 44.2 Å². The number of hydrogen-bond donors (Lipinski definition) is 0. The van der Waals surface area contributed by atoms with Crippen LogP contribution >= 0.6 is 11.3 Å². The van der Waals surface area contributed by atoms with Crippen LogP contribution in [-0.2, 0) is 9.53 Å². The van der Waals surface area contributed by atoms with Gasteiger partial charge in [-0.15, -0.1) is 0 Å². The van der Waals surface area contributed by atoms with E-state index in [0.717, 1.165) is 11.3 Å². The average molecular weight is 540 g/mol. The van der Waals surface area contributed by atoms with Crippen molar-refractivity contribution in [2.75, 3.05) is 27.9 Å². The lowest BCUT2D eigenvalue weighted by atomic mass is 9.94. The summed E-state index contributed by atoms with van der Waals surface area (Å²) < 4.78 is 23.3. The van der Waals surface area contributed by atoms with E-state index in [1.807, 2.05) is 0 Å². The fourth-order valence-corrected chi connectivity index (χ4v) is 5.27. The minimum absolute atomic E-state index is 0.134. The first kappa shape index (κ1) is 26.6. The molecule has 12 heteroatoms. The molecule has 0 radical (unpaired) electrons. The molecule has 0 aliphatic carbocycles. The molecule has 198 valence electrons. The second kappa shape index (κ2) is 10.9. The topological polar surface area (TPSA) is 131 Å². The standard InChI is InChI=1S/C26H25N3O8S/c1-6-37-25(31)22-14(2)27-26-28(23(22)18-13-17(34-3)8-10-20(18)36-5)24(30)21(38-26)12-15-11-16(29(32)33)7-9-19(15)35-4/h7-13,23H,6H2,1-5H3/b21-12-. The number of non-ortho nitro benzene ring substituents is 1. The van der Waals surface area contributed by atoms with Crippen molar-refractivity contribution < 1.29 is 28.7 Å². The molecule has 0 saturated carbocycles. The van der Waals surface area contributed by atoms with Crippen LogP contribution in [0.1, 0.15) is 31.0 Å². The Morgan fingerprint density at radius 1 is 1.13 bits per heavy atom. The first-order valence-electron chi connectivity index (χ1n) is 11.5. The molecule has 0 spiro atoms. The number of ether oxygens (including phenoxy) is 4. The summed E-state index contributed by atoms with van der Waals surface area (Å²) in [5.41, 5.74) is 0.827. The van der Waals surface area contributed by atoms with E-state index in [1.54, 1.807) is 32.0 Å². The van der Waals surface area contributed by atoms with E-state index in [-0.39, 0.29) is 22.4 Å². The Balaban J connectivity index is 2.03. The predicted molar refractivity (Wildman–Crippen MR) is 140 cm³/mol. The summed E-state index contributed by atoms with van der Waals surface area (Å²) in [5, 5.41) is 11.3. The SMILES string of the molecule is CCOC(=O)C1=C(C)N=c2s/c(=C\c3cc([N+](=O)[O-])ccc3OC)c(=O)n2C1c1cc(OC)ccc1OC. The van der Waals surface area contributed by atoms with Crippen LogP contribution in [0.4, 0.5) is 5.69 Å². The highest BCUT2D eigenvalue weighted by Crippen LogP contribution is 2.37. The third kappa shape index (κ3) is 4.77. The van der Waals surface area contributed by atoms with Crippen LogP contribution < -0.4 is 29.1 Å². The van der Waals surface area contributed by atoms with Crippen LogP contribution in [0.15, 0.2) is 57.5 Å². The molecule has 1 aliphatic rings. The van der Waals surface area contributed by atoms with Crippen molar-refractivity contribution >= 4 is 29.1 Å². The quantitative estimate of drug-likeness (QED) is 0.243. The number of nitro groups is 1. The first-order valence-corrected chi connectivity index (χ1v) is 12.3. The number of esters is 1. The van der Waals surface area contributed by atoms with Gasteiger partial charge < -0.3 is 18.9 Å². The minimum Gasteiger partial charge on any atom is -0.497 e. The molecule has 0 N–H and O–H groups in total. The normalized spacial score (nSPS) is 15.0. The number of nitro benzene ring substituents is 1. The molecule has 1 aliphatic heterocycles. The maximum absolute atomic E-state index is 13.9. The zero-order valence-corrected chi connectivity index (χ0v) is 22.2. The van der Waals surface area contributed by atoms with Crippen molar-refractivity contribution in [1.82, 2.24) is 4.57 Å². The number of nitrogens with zero attached hydrogens (tertiary/aromatic N) is 3. The van der Waals surface area contributed by atoms with E-state index in [1.165, 1.54) is 50.2 Å². The summed E-state index contributed by atoms with van der Waals surface area (Å²) >= 11 is 1.09. The van der Waals surface area contributed by atoms with Gasteiger partial charge in [-0.1, -0.05) is 11.3 Å². The number of thiazole rings is 1. The van der Waals surface area contributed by atoms with Gasteiger partial charge in [0.05, 0.1) is 48.7 Å². The minimum atomic E-state index is -0.926. The summed E-state index contributed by atoms with van der Waals surface area (Å²) in [6.07, 6.45) is 1.51.